The van der Waals surface area contributed by atoms with Gasteiger partial charge in [-0.1, -0.05) is 12.1 Å². The Morgan fingerprint density at radius 1 is 1.04 bits per heavy atom. The molecule has 6 nitrogen and oxygen atoms in total. The van der Waals surface area contributed by atoms with Crippen LogP contribution in [0.15, 0.2) is 52.3 Å². The number of rotatable bonds is 5. The molecule has 1 aromatic heterocycles. The van der Waals surface area contributed by atoms with Gasteiger partial charge in [-0.2, -0.15) is 0 Å². The van der Waals surface area contributed by atoms with Gasteiger partial charge in [-0.15, -0.1) is 11.8 Å². The minimum atomic E-state index is -0.274. The van der Waals surface area contributed by atoms with Gasteiger partial charge in [0, 0.05) is 55.5 Å². The summed E-state index contributed by atoms with van der Waals surface area (Å²) in [6.45, 7) is 1.84. The third kappa shape index (κ3) is 4.97. The lowest BCUT2D eigenvalue weighted by Crippen LogP contribution is -2.50. The first-order valence-corrected chi connectivity index (χ1v) is 9.66. The van der Waals surface area contributed by atoms with Crippen molar-refractivity contribution in [3.8, 4) is 0 Å². The number of hydrogen-bond acceptors (Lipinski definition) is 4. The lowest BCUT2D eigenvalue weighted by Gasteiger charge is -2.34. The first kappa shape index (κ1) is 19.2. The average Bonchev–Trinajstić information content (AvgIpc) is 2.69. The number of hydrogen-bond donors (Lipinski definition) is 1. The quantitative estimate of drug-likeness (QED) is 0.794. The van der Waals surface area contributed by atoms with E-state index in [1.165, 1.54) is 36.2 Å². The summed E-state index contributed by atoms with van der Waals surface area (Å²) in [4.78, 5) is 42.3. The van der Waals surface area contributed by atoms with Crippen LogP contribution in [0.4, 0.5) is 4.39 Å². The van der Waals surface area contributed by atoms with Crippen molar-refractivity contribution in [3.05, 3.63) is 64.3 Å². The maximum absolute atomic E-state index is 13.6. The van der Waals surface area contributed by atoms with E-state index in [9.17, 15) is 18.8 Å². The van der Waals surface area contributed by atoms with Crippen molar-refractivity contribution in [2.45, 2.75) is 11.3 Å². The van der Waals surface area contributed by atoms with Crippen LogP contribution >= 0.6 is 11.8 Å². The number of halogens is 1. The van der Waals surface area contributed by atoms with Gasteiger partial charge < -0.3 is 14.8 Å². The summed E-state index contributed by atoms with van der Waals surface area (Å²) in [5, 5.41) is 0. The summed E-state index contributed by atoms with van der Waals surface area (Å²) < 4.78 is 13.6. The number of nitrogens with one attached hydrogen (secondary N) is 1. The van der Waals surface area contributed by atoms with E-state index in [0.29, 0.717) is 48.8 Å². The topological polar surface area (TPSA) is 73.5 Å². The monoisotopic (exact) mass is 389 g/mol. The Labute approximate surface area is 160 Å². The van der Waals surface area contributed by atoms with Gasteiger partial charge in [-0.25, -0.2) is 4.39 Å². The summed E-state index contributed by atoms with van der Waals surface area (Å²) in [6.07, 6.45) is 1.73. The van der Waals surface area contributed by atoms with Crippen LogP contribution in [-0.2, 0) is 4.79 Å². The molecule has 142 valence electrons. The van der Waals surface area contributed by atoms with Crippen LogP contribution in [0.1, 0.15) is 16.8 Å². The molecular weight excluding hydrogens is 369 g/mol. The normalized spacial score (nSPS) is 14.3. The number of thioether (sulfide) groups is 1. The summed E-state index contributed by atoms with van der Waals surface area (Å²) in [5.74, 6) is 0.0868. The smallest absolute Gasteiger partial charge is 0.255 e. The van der Waals surface area contributed by atoms with Gasteiger partial charge in [0.1, 0.15) is 5.82 Å². The van der Waals surface area contributed by atoms with Crippen molar-refractivity contribution in [1.29, 1.82) is 0 Å². The van der Waals surface area contributed by atoms with Crippen LogP contribution in [0.5, 0.6) is 0 Å². The second-order valence-electron chi connectivity index (χ2n) is 6.14. The lowest BCUT2D eigenvalue weighted by molar-refractivity contribution is -0.132. The highest BCUT2D eigenvalue weighted by Gasteiger charge is 2.24. The van der Waals surface area contributed by atoms with E-state index >= 15 is 0 Å². The third-order valence-corrected chi connectivity index (χ3v) is 5.41. The summed E-state index contributed by atoms with van der Waals surface area (Å²) in [7, 11) is 0. The van der Waals surface area contributed by atoms with E-state index in [0.717, 1.165) is 0 Å². The van der Waals surface area contributed by atoms with Crippen molar-refractivity contribution in [2.24, 2.45) is 0 Å². The minimum Gasteiger partial charge on any atom is -0.339 e. The van der Waals surface area contributed by atoms with E-state index in [1.54, 1.807) is 28.0 Å². The number of carbonyl (C=O) groups excluding carboxylic acids is 2. The van der Waals surface area contributed by atoms with Gasteiger partial charge in [0.15, 0.2) is 0 Å². The molecule has 0 atom stereocenters. The number of piperazine rings is 1. The number of carbonyl (C=O) groups is 2. The predicted molar refractivity (Wildman–Crippen MR) is 101 cm³/mol. The van der Waals surface area contributed by atoms with Crippen molar-refractivity contribution >= 4 is 23.6 Å². The molecule has 2 heterocycles. The molecule has 3 rings (SSSR count). The number of nitrogens with zero attached hydrogens (tertiary/aromatic N) is 2. The molecule has 0 radical (unpaired) electrons. The van der Waals surface area contributed by atoms with Crippen LogP contribution in [0.25, 0.3) is 0 Å². The standard InChI is InChI=1S/C19H20FN3O3S/c20-15-3-1-2-4-16(15)27-12-7-18(25)22-8-10-23(11-9-22)19(26)14-5-6-17(24)21-13-14/h1-6,13H,7-12H2,(H,21,24). The fourth-order valence-electron chi connectivity index (χ4n) is 2.85. The minimum absolute atomic E-state index is 0.00924. The summed E-state index contributed by atoms with van der Waals surface area (Å²) in [6, 6.07) is 9.33. The molecule has 27 heavy (non-hydrogen) atoms. The molecule has 1 N–H and O–H groups in total. The number of amides is 2. The largest absolute Gasteiger partial charge is 0.339 e. The van der Waals surface area contributed by atoms with E-state index < -0.39 is 0 Å². The maximum atomic E-state index is 13.6. The zero-order chi connectivity index (χ0) is 19.2. The molecule has 0 bridgehead atoms. The SMILES string of the molecule is O=C(CCSc1ccccc1F)N1CCN(C(=O)c2ccc(=O)[nH]c2)CC1. The van der Waals surface area contributed by atoms with Crippen molar-refractivity contribution in [1.82, 2.24) is 14.8 Å². The van der Waals surface area contributed by atoms with E-state index in [2.05, 4.69) is 4.98 Å². The molecule has 2 amide bonds. The average molecular weight is 389 g/mol. The number of benzene rings is 1. The zero-order valence-corrected chi connectivity index (χ0v) is 15.5. The maximum Gasteiger partial charge on any atom is 0.255 e. The van der Waals surface area contributed by atoms with Gasteiger partial charge in [0.25, 0.3) is 5.91 Å². The Morgan fingerprint density at radius 3 is 2.41 bits per heavy atom. The van der Waals surface area contributed by atoms with Crippen LogP contribution in [0.3, 0.4) is 0 Å². The Bertz CT molecular complexity index is 858. The van der Waals surface area contributed by atoms with Crippen LogP contribution in [0.2, 0.25) is 0 Å². The number of pyridine rings is 1. The fourth-order valence-corrected chi connectivity index (χ4v) is 3.73. The molecule has 1 aliphatic heterocycles. The van der Waals surface area contributed by atoms with E-state index in [-0.39, 0.29) is 23.2 Å². The molecule has 8 heteroatoms. The van der Waals surface area contributed by atoms with E-state index in [4.69, 9.17) is 0 Å². The van der Waals surface area contributed by atoms with Gasteiger partial charge >= 0.3 is 0 Å². The molecule has 1 fully saturated rings. The van der Waals surface area contributed by atoms with Gasteiger partial charge in [-0.05, 0) is 18.2 Å². The van der Waals surface area contributed by atoms with Gasteiger partial charge in [0.2, 0.25) is 11.5 Å². The second kappa shape index (κ2) is 8.85. The highest BCUT2D eigenvalue weighted by molar-refractivity contribution is 7.99. The Morgan fingerprint density at radius 2 is 1.74 bits per heavy atom. The molecule has 0 spiro atoms. The highest BCUT2D eigenvalue weighted by atomic mass is 32.2. The molecule has 2 aromatic rings. The van der Waals surface area contributed by atoms with Gasteiger partial charge in [0.05, 0.1) is 5.56 Å². The Kier molecular flexibility index (Phi) is 6.28. The van der Waals surface area contributed by atoms with Crippen molar-refractivity contribution in [2.75, 3.05) is 31.9 Å². The first-order valence-electron chi connectivity index (χ1n) is 8.68. The Hall–Kier alpha value is -2.61. The van der Waals surface area contributed by atoms with Crippen molar-refractivity contribution < 1.29 is 14.0 Å². The molecule has 0 aliphatic carbocycles. The molecule has 0 unspecified atom stereocenters. The van der Waals surface area contributed by atoms with Crippen LogP contribution < -0.4 is 5.56 Å². The Balaban J connectivity index is 1.45. The second-order valence-corrected chi connectivity index (χ2v) is 7.28. The number of H-pyrrole nitrogens is 1. The van der Waals surface area contributed by atoms with Crippen LogP contribution in [0, 0.1) is 5.82 Å². The molecule has 1 aliphatic rings. The van der Waals surface area contributed by atoms with E-state index in [1.807, 2.05) is 0 Å². The lowest BCUT2D eigenvalue weighted by atomic mass is 10.2. The predicted octanol–water partition coefficient (Wildman–Crippen LogP) is 1.98. The van der Waals surface area contributed by atoms with Gasteiger partial charge in [-0.3, -0.25) is 14.4 Å². The van der Waals surface area contributed by atoms with Crippen LogP contribution in [-0.4, -0.2) is 58.5 Å². The summed E-state index contributed by atoms with van der Waals surface area (Å²) in [5.41, 5.74) is 0.172. The molecule has 1 aromatic carbocycles. The number of aromatic nitrogens is 1. The molecule has 1 saturated heterocycles. The highest BCUT2D eigenvalue weighted by Crippen LogP contribution is 2.22. The molecule has 0 saturated carbocycles. The fraction of sp³-hybridized carbons (Fsp3) is 0.316. The first-order chi connectivity index (χ1) is 13.0. The summed E-state index contributed by atoms with van der Waals surface area (Å²) >= 11 is 1.33. The molecular formula is C19H20FN3O3S. The number of aromatic amines is 1. The zero-order valence-electron chi connectivity index (χ0n) is 14.7. The van der Waals surface area contributed by atoms with Crippen molar-refractivity contribution in [3.63, 3.8) is 0 Å². The third-order valence-electron chi connectivity index (χ3n) is 4.36.